The summed E-state index contributed by atoms with van der Waals surface area (Å²) < 4.78 is 5.53. The van der Waals surface area contributed by atoms with Crippen LogP contribution in [-0.2, 0) is 0 Å². The van der Waals surface area contributed by atoms with Crippen LogP contribution in [0.3, 0.4) is 0 Å². The maximum Gasteiger partial charge on any atom is 0.335 e. The number of benzene rings is 1. The van der Waals surface area contributed by atoms with Gasteiger partial charge in [-0.25, -0.2) is 15.0 Å². The van der Waals surface area contributed by atoms with Crippen molar-refractivity contribution in [1.29, 1.82) is 0 Å². The minimum Gasteiger partial charge on any atom is -0.478 e. The van der Waals surface area contributed by atoms with Crippen LogP contribution in [0.15, 0.2) is 64.4 Å². The fraction of sp³-hybridized carbons (Fsp3) is 0. The molecule has 2 heterocycles. The lowest BCUT2D eigenvalue weighted by Gasteiger charge is -2.03. The van der Waals surface area contributed by atoms with Crippen molar-refractivity contribution in [2.45, 2.75) is 0 Å². The second-order valence-electron chi connectivity index (χ2n) is 5.55. The van der Waals surface area contributed by atoms with Crippen LogP contribution in [0, 0.1) is 0 Å². The van der Waals surface area contributed by atoms with Gasteiger partial charge in [-0.05, 0) is 42.5 Å². The Morgan fingerprint density at radius 2 is 1.71 bits per heavy atom. The molecule has 3 N–H and O–H groups in total. The molecule has 140 valence electrons. The minimum atomic E-state index is -1.25. The standard InChI is InChI=1S/C19H13N3O6/c23-17(11-2-1-5-20-9-11)22-21-10-15-3-4-16(28-15)12-6-13(18(24)25)8-14(7-12)19(26)27/h1-10H,(H,22,23)(H,24,25)(H,26,27)/b21-10-. The molecule has 2 aromatic heterocycles. The molecule has 0 atom stereocenters. The number of carboxylic acid groups (broad SMARTS) is 2. The third-order valence-corrected chi connectivity index (χ3v) is 3.62. The number of nitrogens with one attached hydrogen (secondary N) is 1. The number of rotatable bonds is 6. The SMILES string of the molecule is O=C(O)c1cc(C(=O)O)cc(-c2ccc(/C=N\NC(=O)c3cccnc3)o2)c1. The van der Waals surface area contributed by atoms with E-state index in [2.05, 4.69) is 15.5 Å². The van der Waals surface area contributed by atoms with Crippen LogP contribution in [0.4, 0.5) is 0 Å². The van der Waals surface area contributed by atoms with Crippen LogP contribution in [0.5, 0.6) is 0 Å². The first-order valence-electron chi connectivity index (χ1n) is 7.89. The fourth-order valence-electron chi connectivity index (χ4n) is 2.31. The van der Waals surface area contributed by atoms with E-state index in [-0.39, 0.29) is 28.2 Å². The largest absolute Gasteiger partial charge is 0.478 e. The fourth-order valence-corrected chi connectivity index (χ4v) is 2.31. The number of carbonyl (C=O) groups is 3. The molecular weight excluding hydrogens is 366 g/mol. The number of pyridine rings is 1. The maximum absolute atomic E-state index is 11.9. The van der Waals surface area contributed by atoms with Crippen molar-refractivity contribution in [2.24, 2.45) is 5.10 Å². The summed E-state index contributed by atoms with van der Waals surface area (Å²) in [6.45, 7) is 0. The van der Waals surface area contributed by atoms with Crippen LogP contribution < -0.4 is 5.43 Å². The summed E-state index contributed by atoms with van der Waals surface area (Å²) in [6, 6.07) is 9.96. The zero-order valence-corrected chi connectivity index (χ0v) is 14.2. The van der Waals surface area contributed by atoms with Crippen molar-refractivity contribution < 1.29 is 29.0 Å². The van der Waals surface area contributed by atoms with Crippen molar-refractivity contribution in [2.75, 3.05) is 0 Å². The Morgan fingerprint density at radius 1 is 1.00 bits per heavy atom. The lowest BCUT2D eigenvalue weighted by molar-refractivity contribution is 0.0696. The van der Waals surface area contributed by atoms with Crippen molar-refractivity contribution in [3.8, 4) is 11.3 Å². The summed E-state index contributed by atoms with van der Waals surface area (Å²) in [5.74, 6) is -2.42. The summed E-state index contributed by atoms with van der Waals surface area (Å²) in [4.78, 5) is 38.1. The second kappa shape index (κ2) is 7.96. The van der Waals surface area contributed by atoms with Crippen LogP contribution in [-0.4, -0.2) is 39.3 Å². The molecule has 3 rings (SSSR count). The summed E-state index contributed by atoms with van der Waals surface area (Å²) >= 11 is 0. The van der Waals surface area contributed by atoms with Gasteiger partial charge in [0.15, 0.2) is 0 Å². The number of hydrogen-bond acceptors (Lipinski definition) is 6. The Balaban J connectivity index is 1.78. The Bertz CT molecular complexity index is 1040. The molecule has 0 spiro atoms. The minimum absolute atomic E-state index is 0.176. The zero-order chi connectivity index (χ0) is 20.1. The number of aromatic carboxylic acids is 2. The number of carbonyl (C=O) groups excluding carboxylic acids is 1. The molecule has 0 saturated heterocycles. The number of aromatic nitrogens is 1. The molecule has 0 bridgehead atoms. The Labute approximate surface area is 158 Å². The van der Waals surface area contributed by atoms with Crippen LogP contribution >= 0.6 is 0 Å². The number of furan rings is 1. The highest BCUT2D eigenvalue weighted by Gasteiger charge is 2.14. The van der Waals surface area contributed by atoms with Crippen LogP contribution in [0.1, 0.15) is 36.8 Å². The van der Waals surface area contributed by atoms with Gasteiger partial charge in [0.2, 0.25) is 0 Å². The molecule has 0 aliphatic carbocycles. The average Bonchev–Trinajstić information content (AvgIpc) is 3.17. The second-order valence-corrected chi connectivity index (χ2v) is 5.55. The molecular formula is C19H13N3O6. The van der Waals surface area contributed by atoms with E-state index in [4.69, 9.17) is 14.6 Å². The molecule has 9 heteroatoms. The first-order chi connectivity index (χ1) is 13.4. The normalized spacial score (nSPS) is 10.7. The third-order valence-electron chi connectivity index (χ3n) is 3.62. The van der Waals surface area contributed by atoms with Gasteiger partial charge in [-0.2, -0.15) is 5.10 Å². The smallest absolute Gasteiger partial charge is 0.335 e. The highest BCUT2D eigenvalue weighted by molar-refractivity contribution is 5.96. The van der Waals surface area contributed by atoms with Gasteiger partial charge >= 0.3 is 11.9 Å². The lowest BCUT2D eigenvalue weighted by Crippen LogP contribution is -2.17. The van der Waals surface area contributed by atoms with Gasteiger partial charge in [0.1, 0.15) is 11.5 Å². The predicted molar refractivity (Wildman–Crippen MR) is 97.4 cm³/mol. The molecule has 0 fully saturated rings. The monoisotopic (exact) mass is 379 g/mol. The van der Waals surface area contributed by atoms with E-state index >= 15 is 0 Å². The molecule has 0 saturated carbocycles. The first-order valence-corrected chi connectivity index (χ1v) is 7.89. The molecule has 1 amide bonds. The maximum atomic E-state index is 11.9. The van der Waals surface area contributed by atoms with E-state index in [1.807, 2.05) is 0 Å². The topological polar surface area (TPSA) is 142 Å². The number of hydrogen-bond donors (Lipinski definition) is 3. The van der Waals surface area contributed by atoms with Gasteiger partial charge in [0, 0.05) is 18.0 Å². The molecule has 9 nitrogen and oxygen atoms in total. The van der Waals surface area contributed by atoms with Crippen LogP contribution in [0.2, 0.25) is 0 Å². The number of amides is 1. The Kier molecular flexibility index (Phi) is 5.26. The molecule has 0 aliphatic rings. The summed E-state index contributed by atoms with van der Waals surface area (Å²) in [7, 11) is 0. The van der Waals surface area contributed by atoms with E-state index in [9.17, 15) is 14.4 Å². The molecule has 0 unspecified atom stereocenters. The zero-order valence-electron chi connectivity index (χ0n) is 14.2. The first kappa shape index (κ1) is 18.5. The van der Waals surface area contributed by atoms with Crippen molar-refractivity contribution in [3.05, 3.63) is 77.3 Å². The van der Waals surface area contributed by atoms with Gasteiger partial charge in [0.25, 0.3) is 5.91 Å². The molecule has 3 aromatic rings. The number of nitrogens with zero attached hydrogens (tertiary/aromatic N) is 2. The van der Waals surface area contributed by atoms with Gasteiger partial charge in [-0.3, -0.25) is 9.78 Å². The number of carboxylic acids is 2. The van der Waals surface area contributed by atoms with Gasteiger partial charge in [-0.15, -0.1) is 0 Å². The predicted octanol–water partition coefficient (Wildman–Crippen LogP) is 2.50. The number of hydrazone groups is 1. The van der Waals surface area contributed by atoms with E-state index < -0.39 is 17.8 Å². The Hall–Kier alpha value is -4.27. The van der Waals surface area contributed by atoms with Crippen molar-refractivity contribution in [1.82, 2.24) is 10.4 Å². The summed E-state index contributed by atoms with van der Waals surface area (Å²) in [5.41, 5.74) is 2.60. The summed E-state index contributed by atoms with van der Waals surface area (Å²) in [6.07, 6.45) is 4.20. The van der Waals surface area contributed by atoms with Gasteiger partial charge in [-0.1, -0.05) is 0 Å². The van der Waals surface area contributed by atoms with E-state index in [1.54, 1.807) is 24.4 Å². The van der Waals surface area contributed by atoms with Crippen LogP contribution in [0.25, 0.3) is 11.3 Å². The van der Waals surface area contributed by atoms with Crippen molar-refractivity contribution in [3.63, 3.8) is 0 Å². The Morgan fingerprint density at radius 3 is 2.32 bits per heavy atom. The molecule has 28 heavy (non-hydrogen) atoms. The van der Waals surface area contributed by atoms with E-state index in [1.165, 1.54) is 30.6 Å². The quantitative estimate of drug-likeness (QED) is 0.441. The van der Waals surface area contributed by atoms with E-state index in [0.29, 0.717) is 5.56 Å². The van der Waals surface area contributed by atoms with Gasteiger partial charge in [0.05, 0.1) is 22.9 Å². The van der Waals surface area contributed by atoms with E-state index in [0.717, 1.165) is 6.07 Å². The highest BCUT2D eigenvalue weighted by Crippen LogP contribution is 2.24. The average molecular weight is 379 g/mol. The third kappa shape index (κ3) is 4.28. The molecule has 1 aromatic carbocycles. The van der Waals surface area contributed by atoms with Gasteiger partial charge < -0.3 is 14.6 Å². The molecule has 0 radical (unpaired) electrons. The van der Waals surface area contributed by atoms with Crippen molar-refractivity contribution >= 4 is 24.1 Å². The highest BCUT2D eigenvalue weighted by atomic mass is 16.4. The summed E-state index contributed by atoms with van der Waals surface area (Å²) in [5, 5.41) is 22.1. The lowest BCUT2D eigenvalue weighted by atomic mass is 10.0. The molecule has 0 aliphatic heterocycles.